The zero-order valence-corrected chi connectivity index (χ0v) is 8.46. The van der Waals surface area contributed by atoms with Crippen LogP contribution in [0.5, 0.6) is 0 Å². The maximum absolute atomic E-state index is 12.0. The molecule has 1 aromatic carbocycles. The number of carbonyl (C=O) groups excluding carboxylic acids is 1. The zero-order valence-electron chi connectivity index (χ0n) is 8.46. The molecule has 1 atom stereocenters. The number of hydrogen-bond donors (Lipinski definition) is 1. The summed E-state index contributed by atoms with van der Waals surface area (Å²) < 4.78 is 4.98. The van der Waals surface area contributed by atoms with Crippen LogP contribution in [0.1, 0.15) is 10.4 Å². The van der Waals surface area contributed by atoms with E-state index >= 15 is 0 Å². The van der Waals surface area contributed by atoms with Crippen LogP contribution in [0, 0.1) is 5.53 Å². The minimum absolute atomic E-state index is 0.0891. The number of carbonyl (C=O) groups is 1. The Hall–Kier alpha value is -2.23. The molecule has 0 spiro atoms. The quantitative estimate of drug-likeness (QED) is 0.621. The molecule has 1 aliphatic heterocycles. The molecule has 1 heterocycles. The van der Waals surface area contributed by atoms with Gasteiger partial charge in [0.1, 0.15) is 0 Å². The molecule has 1 aromatic rings. The van der Waals surface area contributed by atoms with Crippen molar-refractivity contribution in [1.82, 2.24) is 0 Å². The summed E-state index contributed by atoms with van der Waals surface area (Å²) >= 11 is 0. The average molecular weight is 214 g/mol. The molecule has 0 aliphatic carbocycles. The van der Waals surface area contributed by atoms with Crippen LogP contribution in [0.2, 0.25) is 0 Å². The third-order valence-electron chi connectivity index (χ3n) is 2.21. The predicted octanol–water partition coefficient (Wildman–Crippen LogP) is 2.70. The van der Waals surface area contributed by atoms with E-state index in [1.807, 2.05) is 18.2 Å². The first-order valence-electron chi connectivity index (χ1n) is 4.81. The van der Waals surface area contributed by atoms with Crippen LogP contribution in [0.4, 0.5) is 0 Å². The summed E-state index contributed by atoms with van der Waals surface area (Å²) in [7, 11) is 0. The number of ether oxygens (including phenoxy) is 1. The van der Waals surface area contributed by atoms with E-state index in [9.17, 15) is 4.79 Å². The van der Waals surface area contributed by atoms with E-state index < -0.39 is 6.23 Å². The fraction of sp³-hybridized carbons (Fsp3) is 0.0833. The fourth-order valence-electron chi connectivity index (χ4n) is 1.42. The highest BCUT2D eigenvalue weighted by atomic mass is 16.5. The van der Waals surface area contributed by atoms with Gasteiger partial charge in [0, 0.05) is 11.1 Å². The van der Waals surface area contributed by atoms with E-state index in [1.165, 1.54) is 12.3 Å². The summed E-state index contributed by atoms with van der Waals surface area (Å²) in [6, 6.07) is 8.97. The Morgan fingerprint density at radius 3 is 2.75 bits per heavy atom. The molecule has 1 unspecified atom stereocenters. The molecule has 80 valence electrons. The topological polar surface area (TPSA) is 62.5 Å². The summed E-state index contributed by atoms with van der Waals surface area (Å²) in [5.74, 6) is -0.0891. The van der Waals surface area contributed by atoms with E-state index in [0.29, 0.717) is 11.1 Å². The highest BCUT2D eigenvalue weighted by molar-refractivity contribution is 6.10. The van der Waals surface area contributed by atoms with Crippen LogP contribution < -0.4 is 0 Å². The number of benzene rings is 1. The molecule has 0 saturated heterocycles. The smallest absolute Gasteiger partial charge is 0.227 e. The van der Waals surface area contributed by atoms with Crippen molar-refractivity contribution in [3.8, 4) is 0 Å². The first-order valence-corrected chi connectivity index (χ1v) is 4.81. The lowest BCUT2D eigenvalue weighted by molar-refractivity contribution is 0.102. The summed E-state index contributed by atoms with van der Waals surface area (Å²) in [4.78, 5) is 12.0. The third-order valence-corrected chi connectivity index (χ3v) is 2.21. The van der Waals surface area contributed by atoms with Crippen molar-refractivity contribution in [2.24, 2.45) is 5.11 Å². The average Bonchev–Trinajstić information content (AvgIpc) is 2.39. The van der Waals surface area contributed by atoms with E-state index in [2.05, 4.69) is 5.11 Å². The minimum Gasteiger partial charge on any atom is -0.471 e. The van der Waals surface area contributed by atoms with Gasteiger partial charge in [0.25, 0.3) is 0 Å². The normalized spacial score (nSPS) is 18.5. The van der Waals surface area contributed by atoms with Crippen LogP contribution >= 0.6 is 0 Å². The first-order chi connectivity index (χ1) is 7.81. The second-order valence-corrected chi connectivity index (χ2v) is 3.28. The van der Waals surface area contributed by atoms with Gasteiger partial charge in [0.15, 0.2) is 5.78 Å². The van der Waals surface area contributed by atoms with Crippen molar-refractivity contribution in [1.29, 1.82) is 5.53 Å². The van der Waals surface area contributed by atoms with Crippen molar-refractivity contribution >= 4 is 5.78 Å². The molecule has 0 bridgehead atoms. The zero-order chi connectivity index (χ0) is 11.4. The van der Waals surface area contributed by atoms with Gasteiger partial charge in [-0.25, -0.2) is 5.53 Å². The number of nitrogens with one attached hydrogen (secondary N) is 1. The Kier molecular flexibility index (Phi) is 2.91. The summed E-state index contributed by atoms with van der Waals surface area (Å²) in [5.41, 5.74) is 7.96. The number of Topliss-reactive ketones (excluding diaryl/α,β-unsaturated/α-hetero) is 1. The highest BCUT2D eigenvalue weighted by Crippen LogP contribution is 2.15. The van der Waals surface area contributed by atoms with E-state index in [-0.39, 0.29) is 5.78 Å². The maximum Gasteiger partial charge on any atom is 0.227 e. The molecular weight excluding hydrogens is 204 g/mol. The highest BCUT2D eigenvalue weighted by Gasteiger charge is 2.15. The Balaban J connectivity index is 2.26. The SMILES string of the molecule is N=NC1C=C(C(=O)c2ccccc2)C=CO1. The summed E-state index contributed by atoms with van der Waals surface area (Å²) in [5, 5.41) is 3.22. The number of rotatable bonds is 3. The van der Waals surface area contributed by atoms with Crippen molar-refractivity contribution < 1.29 is 9.53 Å². The molecular formula is C12H10N2O2. The van der Waals surface area contributed by atoms with Crippen LogP contribution in [0.25, 0.3) is 0 Å². The molecule has 1 aliphatic rings. The molecule has 0 saturated carbocycles. The Labute approximate surface area is 92.7 Å². The summed E-state index contributed by atoms with van der Waals surface area (Å²) in [6.45, 7) is 0. The van der Waals surface area contributed by atoms with Gasteiger partial charge in [0.2, 0.25) is 6.23 Å². The van der Waals surface area contributed by atoms with Crippen LogP contribution in [-0.2, 0) is 4.74 Å². The van der Waals surface area contributed by atoms with Crippen molar-refractivity contribution in [2.75, 3.05) is 0 Å². The summed E-state index contributed by atoms with van der Waals surface area (Å²) in [6.07, 6.45) is 3.81. The Morgan fingerprint density at radius 2 is 2.06 bits per heavy atom. The fourth-order valence-corrected chi connectivity index (χ4v) is 1.42. The van der Waals surface area contributed by atoms with Crippen molar-refractivity contribution in [3.63, 3.8) is 0 Å². The van der Waals surface area contributed by atoms with Gasteiger partial charge in [-0.15, -0.1) is 5.11 Å². The standard InChI is InChI=1S/C12H10N2O2/c13-14-11-8-10(6-7-16-11)12(15)9-4-2-1-3-5-9/h1-8,11,13H. The van der Waals surface area contributed by atoms with Gasteiger partial charge in [0.05, 0.1) is 6.26 Å². The molecule has 0 aromatic heterocycles. The predicted molar refractivity (Wildman–Crippen MR) is 58.0 cm³/mol. The number of nitrogens with zero attached hydrogens (tertiary/aromatic N) is 1. The lowest BCUT2D eigenvalue weighted by Crippen LogP contribution is -2.11. The molecule has 2 rings (SSSR count). The van der Waals surface area contributed by atoms with Gasteiger partial charge in [-0.3, -0.25) is 4.79 Å². The molecule has 1 N–H and O–H groups in total. The van der Waals surface area contributed by atoms with Gasteiger partial charge in [-0.1, -0.05) is 30.3 Å². The Bertz CT molecular complexity index is 463. The Morgan fingerprint density at radius 1 is 1.31 bits per heavy atom. The lowest BCUT2D eigenvalue weighted by atomic mass is 10.0. The molecule has 4 heteroatoms. The van der Waals surface area contributed by atoms with Crippen molar-refractivity contribution in [2.45, 2.75) is 6.23 Å². The largest absolute Gasteiger partial charge is 0.471 e. The van der Waals surface area contributed by atoms with Crippen LogP contribution in [0.3, 0.4) is 0 Å². The number of allylic oxidation sites excluding steroid dienone is 2. The second kappa shape index (κ2) is 4.53. The van der Waals surface area contributed by atoms with Crippen LogP contribution in [0.15, 0.2) is 59.4 Å². The molecule has 16 heavy (non-hydrogen) atoms. The first kappa shape index (κ1) is 10.3. The van der Waals surface area contributed by atoms with Crippen LogP contribution in [-0.4, -0.2) is 12.0 Å². The second-order valence-electron chi connectivity index (χ2n) is 3.28. The minimum atomic E-state index is -0.687. The van der Waals surface area contributed by atoms with Gasteiger partial charge < -0.3 is 4.74 Å². The third kappa shape index (κ3) is 2.06. The number of hydrogen-bond acceptors (Lipinski definition) is 4. The van der Waals surface area contributed by atoms with Gasteiger partial charge in [-0.05, 0) is 12.2 Å². The molecule has 4 nitrogen and oxygen atoms in total. The van der Waals surface area contributed by atoms with E-state index in [0.717, 1.165) is 0 Å². The molecule has 0 amide bonds. The molecule has 0 radical (unpaired) electrons. The van der Waals surface area contributed by atoms with Crippen molar-refractivity contribution in [3.05, 3.63) is 59.9 Å². The monoisotopic (exact) mass is 214 g/mol. The van der Waals surface area contributed by atoms with Gasteiger partial charge >= 0.3 is 0 Å². The maximum atomic E-state index is 12.0. The van der Waals surface area contributed by atoms with E-state index in [1.54, 1.807) is 18.2 Å². The number of ketones is 1. The van der Waals surface area contributed by atoms with Gasteiger partial charge in [-0.2, -0.15) is 0 Å². The van der Waals surface area contributed by atoms with E-state index in [4.69, 9.17) is 10.3 Å². The molecule has 0 fully saturated rings. The lowest BCUT2D eigenvalue weighted by Gasteiger charge is -2.12.